The molecule has 1 aromatic carbocycles. The van der Waals surface area contributed by atoms with Gasteiger partial charge in [-0.1, -0.05) is 6.07 Å². The maximum atomic E-state index is 12.9. The van der Waals surface area contributed by atoms with Crippen LogP contribution in [0, 0.1) is 6.92 Å². The van der Waals surface area contributed by atoms with E-state index in [0.717, 1.165) is 23.4 Å². The minimum atomic E-state index is -0.638. The van der Waals surface area contributed by atoms with Gasteiger partial charge in [-0.2, -0.15) is 0 Å². The number of methoxy groups -OCH3 is 1. The second-order valence-corrected chi connectivity index (χ2v) is 8.32. The highest BCUT2D eigenvalue weighted by Crippen LogP contribution is 2.41. The first-order chi connectivity index (χ1) is 13.8. The van der Waals surface area contributed by atoms with Crippen LogP contribution in [0.4, 0.5) is 0 Å². The average molecular weight is 415 g/mol. The number of likely N-dealkylation sites (tertiary alicyclic amines) is 1. The molecule has 154 valence electrons. The van der Waals surface area contributed by atoms with E-state index in [-0.39, 0.29) is 11.3 Å². The van der Waals surface area contributed by atoms with Crippen LogP contribution in [0.15, 0.2) is 41.3 Å². The zero-order valence-electron chi connectivity index (χ0n) is 17.1. The van der Waals surface area contributed by atoms with Gasteiger partial charge in [-0.15, -0.1) is 11.3 Å². The summed E-state index contributed by atoms with van der Waals surface area (Å²) in [6.45, 7) is 3.09. The van der Waals surface area contributed by atoms with Crippen molar-refractivity contribution in [2.24, 2.45) is 0 Å². The van der Waals surface area contributed by atoms with Gasteiger partial charge >= 0.3 is 0 Å². The predicted molar refractivity (Wildman–Crippen MR) is 114 cm³/mol. The molecule has 0 aliphatic carbocycles. The highest BCUT2D eigenvalue weighted by Gasteiger charge is 2.46. The number of carbonyl (C=O) groups excluding carboxylic acids is 2. The predicted octanol–water partition coefficient (Wildman–Crippen LogP) is 3.44. The van der Waals surface area contributed by atoms with Crippen molar-refractivity contribution in [3.05, 3.63) is 57.3 Å². The van der Waals surface area contributed by atoms with Crippen molar-refractivity contribution in [3.63, 3.8) is 0 Å². The fourth-order valence-electron chi connectivity index (χ4n) is 3.58. The molecule has 7 heteroatoms. The number of hydrogen-bond donors (Lipinski definition) is 1. The molecule has 1 amide bonds. The van der Waals surface area contributed by atoms with Crippen LogP contribution in [0.5, 0.6) is 5.75 Å². The number of nitrogens with zero attached hydrogens (tertiary/aromatic N) is 2. The molecular weight excluding hydrogens is 388 g/mol. The van der Waals surface area contributed by atoms with Crippen molar-refractivity contribution in [2.75, 3.05) is 34.3 Å². The maximum Gasteiger partial charge on any atom is 0.295 e. The Bertz CT molecular complexity index is 934. The van der Waals surface area contributed by atoms with Gasteiger partial charge in [-0.3, -0.25) is 9.59 Å². The van der Waals surface area contributed by atoms with E-state index >= 15 is 0 Å². The lowest BCUT2D eigenvalue weighted by Crippen LogP contribution is -2.32. The van der Waals surface area contributed by atoms with Crippen LogP contribution in [0.2, 0.25) is 0 Å². The maximum absolute atomic E-state index is 12.9. The van der Waals surface area contributed by atoms with Gasteiger partial charge in [0, 0.05) is 17.0 Å². The molecule has 6 nitrogen and oxygen atoms in total. The Morgan fingerprint density at radius 1 is 1.28 bits per heavy atom. The van der Waals surface area contributed by atoms with Crippen molar-refractivity contribution >= 4 is 28.8 Å². The quantitative estimate of drug-likeness (QED) is 0.427. The Morgan fingerprint density at radius 2 is 2.03 bits per heavy atom. The topological polar surface area (TPSA) is 70.1 Å². The van der Waals surface area contributed by atoms with Crippen LogP contribution in [-0.2, 0) is 9.59 Å². The van der Waals surface area contributed by atoms with Gasteiger partial charge in [0.25, 0.3) is 11.7 Å². The lowest BCUT2D eigenvalue weighted by atomic mass is 9.97. The van der Waals surface area contributed by atoms with Crippen molar-refractivity contribution in [1.82, 2.24) is 9.80 Å². The van der Waals surface area contributed by atoms with Crippen molar-refractivity contribution in [1.29, 1.82) is 0 Å². The molecule has 1 aliphatic rings. The molecular formula is C22H26N2O4S. The van der Waals surface area contributed by atoms with Crippen LogP contribution < -0.4 is 4.74 Å². The number of benzene rings is 1. The zero-order chi connectivity index (χ0) is 21.1. The minimum absolute atomic E-state index is 0.142. The molecule has 3 rings (SSSR count). The molecule has 1 fully saturated rings. The molecule has 0 unspecified atom stereocenters. The summed E-state index contributed by atoms with van der Waals surface area (Å²) in [5.41, 5.74) is 1.44. The Balaban J connectivity index is 2.06. The molecule has 0 saturated carbocycles. The number of hydrogen-bond acceptors (Lipinski definition) is 6. The van der Waals surface area contributed by atoms with Crippen molar-refractivity contribution in [3.8, 4) is 5.75 Å². The Kier molecular flexibility index (Phi) is 6.39. The summed E-state index contributed by atoms with van der Waals surface area (Å²) in [6.07, 6.45) is 0.740. The van der Waals surface area contributed by atoms with Gasteiger partial charge in [-0.05, 0) is 69.2 Å². The number of ether oxygens (including phenoxy) is 1. The third-order valence-corrected chi connectivity index (χ3v) is 5.97. The number of ketones is 1. The van der Waals surface area contributed by atoms with E-state index in [4.69, 9.17) is 4.74 Å². The van der Waals surface area contributed by atoms with Crippen molar-refractivity contribution < 1.29 is 19.4 Å². The Morgan fingerprint density at radius 3 is 2.62 bits per heavy atom. The molecule has 2 aromatic rings. The van der Waals surface area contributed by atoms with Gasteiger partial charge < -0.3 is 19.6 Å². The third-order valence-electron chi connectivity index (χ3n) is 5.05. The molecule has 0 radical (unpaired) electrons. The number of amides is 1. The van der Waals surface area contributed by atoms with Crippen molar-refractivity contribution in [2.45, 2.75) is 19.4 Å². The molecule has 1 saturated heterocycles. The number of carbonyl (C=O) groups is 2. The smallest absolute Gasteiger partial charge is 0.295 e. The van der Waals surface area contributed by atoms with Crippen LogP contribution in [-0.4, -0.2) is 60.9 Å². The summed E-state index contributed by atoms with van der Waals surface area (Å²) in [6, 6.07) is 8.46. The molecule has 0 spiro atoms. The van der Waals surface area contributed by atoms with Crippen LogP contribution >= 0.6 is 11.3 Å². The van der Waals surface area contributed by atoms with Crippen LogP contribution in [0.25, 0.3) is 5.76 Å². The first-order valence-corrected chi connectivity index (χ1v) is 10.3. The highest BCUT2D eigenvalue weighted by atomic mass is 32.1. The highest BCUT2D eigenvalue weighted by molar-refractivity contribution is 7.10. The SMILES string of the molecule is COc1ccc(/C(O)=C2\C(=O)C(=O)N(CCCN(C)C)[C@H]2c2cccs2)c(C)c1. The second kappa shape index (κ2) is 8.80. The van der Waals surface area contributed by atoms with Crippen LogP contribution in [0.1, 0.15) is 28.5 Å². The molecule has 1 aliphatic heterocycles. The monoisotopic (exact) mass is 414 g/mol. The van der Waals surface area contributed by atoms with Gasteiger partial charge in [-0.25, -0.2) is 0 Å². The van der Waals surface area contributed by atoms with E-state index in [2.05, 4.69) is 0 Å². The molecule has 1 atom stereocenters. The number of Topliss-reactive ketones (excluding diaryl/α,β-unsaturated/α-hetero) is 1. The number of aliphatic hydroxyl groups excluding tert-OH is 1. The molecule has 29 heavy (non-hydrogen) atoms. The Labute approximate surface area is 175 Å². The molecule has 2 heterocycles. The largest absolute Gasteiger partial charge is 0.507 e. The molecule has 1 N–H and O–H groups in total. The number of thiophene rings is 1. The van der Waals surface area contributed by atoms with E-state index in [1.165, 1.54) is 11.3 Å². The summed E-state index contributed by atoms with van der Waals surface area (Å²) >= 11 is 1.47. The van der Waals surface area contributed by atoms with Gasteiger partial charge in [0.05, 0.1) is 18.7 Å². The number of aryl methyl sites for hydroxylation is 1. The zero-order valence-corrected chi connectivity index (χ0v) is 18.0. The van der Waals surface area contributed by atoms with E-state index < -0.39 is 17.7 Å². The fourth-order valence-corrected chi connectivity index (χ4v) is 4.43. The lowest BCUT2D eigenvalue weighted by Gasteiger charge is -2.24. The first-order valence-electron chi connectivity index (χ1n) is 9.46. The van der Waals surface area contributed by atoms with Gasteiger partial charge in [0.15, 0.2) is 0 Å². The number of rotatable bonds is 7. The summed E-state index contributed by atoms with van der Waals surface area (Å²) in [5.74, 6) is -0.675. The van der Waals surface area contributed by atoms with E-state index in [1.54, 1.807) is 30.2 Å². The van der Waals surface area contributed by atoms with E-state index in [9.17, 15) is 14.7 Å². The van der Waals surface area contributed by atoms with Gasteiger partial charge in [0.2, 0.25) is 0 Å². The second-order valence-electron chi connectivity index (χ2n) is 7.35. The average Bonchev–Trinajstić information content (AvgIpc) is 3.29. The third kappa shape index (κ3) is 4.21. The van der Waals surface area contributed by atoms with E-state index in [0.29, 0.717) is 17.9 Å². The molecule has 1 aromatic heterocycles. The summed E-state index contributed by atoms with van der Waals surface area (Å²) < 4.78 is 5.22. The Hall–Kier alpha value is -2.64. The summed E-state index contributed by atoms with van der Waals surface area (Å²) in [7, 11) is 5.51. The van der Waals surface area contributed by atoms with Gasteiger partial charge in [0.1, 0.15) is 11.5 Å². The first kappa shape index (κ1) is 21.1. The lowest BCUT2D eigenvalue weighted by molar-refractivity contribution is -0.139. The number of aliphatic hydroxyl groups is 1. The standard InChI is InChI=1S/C22H26N2O4S/c1-14-13-15(28-4)8-9-16(14)20(25)18-19(17-7-5-12-29-17)24(22(27)21(18)26)11-6-10-23(2)3/h5,7-9,12-13,19,25H,6,10-11H2,1-4H3/b20-18+/t19-/m0/s1. The fraction of sp³-hybridized carbons (Fsp3) is 0.364. The normalized spacial score (nSPS) is 18.7. The summed E-state index contributed by atoms with van der Waals surface area (Å²) in [5, 5.41) is 13.0. The summed E-state index contributed by atoms with van der Waals surface area (Å²) in [4.78, 5) is 30.2. The molecule has 0 bridgehead atoms. The van der Waals surface area contributed by atoms with E-state index in [1.807, 2.05) is 43.4 Å². The van der Waals surface area contributed by atoms with Crippen LogP contribution in [0.3, 0.4) is 0 Å². The minimum Gasteiger partial charge on any atom is -0.507 e.